The van der Waals surface area contributed by atoms with Gasteiger partial charge in [-0.25, -0.2) is 9.37 Å². The Morgan fingerprint density at radius 1 is 1.36 bits per heavy atom. The largest absolute Gasteiger partial charge is 0.352 e. The van der Waals surface area contributed by atoms with Crippen LogP contribution in [0.25, 0.3) is 10.6 Å². The zero-order valence-electron chi connectivity index (χ0n) is 14.2. The SMILES string of the molecule is CC(C)CC(CN)NC(=O)Cc1csc(-c2cccc(F)c2)n1.Cl.Cl. The van der Waals surface area contributed by atoms with E-state index in [9.17, 15) is 9.18 Å². The molecule has 3 N–H and O–H groups in total. The molecule has 1 unspecified atom stereocenters. The Kier molecular flexibility index (Phi) is 10.9. The molecule has 1 atom stereocenters. The third kappa shape index (κ3) is 7.69. The summed E-state index contributed by atoms with van der Waals surface area (Å²) < 4.78 is 13.3. The second kappa shape index (κ2) is 11.4. The minimum absolute atomic E-state index is 0. The maximum Gasteiger partial charge on any atom is 0.226 e. The van der Waals surface area contributed by atoms with Crippen molar-refractivity contribution >= 4 is 42.1 Å². The first-order valence-corrected chi connectivity index (χ1v) is 8.55. The van der Waals surface area contributed by atoms with Crippen LogP contribution in [0.15, 0.2) is 29.6 Å². The highest BCUT2D eigenvalue weighted by Crippen LogP contribution is 2.24. The Labute approximate surface area is 164 Å². The number of benzene rings is 1. The van der Waals surface area contributed by atoms with E-state index in [4.69, 9.17) is 5.73 Å². The van der Waals surface area contributed by atoms with Crippen molar-refractivity contribution < 1.29 is 9.18 Å². The summed E-state index contributed by atoms with van der Waals surface area (Å²) in [5.41, 5.74) is 7.10. The number of rotatable bonds is 7. The fourth-order valence-corrected chi connectivity index (χ4v) is 3.19. The van der Waals surface area contributed by atoms with Gasteiger partial charge in [0.25, 0.3) is 0 Å². The number of carbonyl (C=O) groups is 1. The highest BCUT2D eigenvalue weighted by Gasteiger charge is 2.14. The first-order chi connectivity index (χ1) is 11.0. The number of amides is 1. The molecule has 140 valence electrons. The lowest BCUT2D eigenvalue weighted by Crippen LogP contribution is -2.41. The number of halogens is 3. The monoisotopic (exact) mass is 407 g/mol. The first kappa shape index (κ1) is 23.8. The van der Waals surface area contributed by atoms with Crippen molar-refractivity contribution in [1.82, 2.24) is 10.3 Å². The molecule has 1 aromatic carbocycles. The molecule has 0 saturated heterocycles. The summed E-state index contributed by atoms with van der Waals surface area (Å²) in [6, 6.07) is 6.28. The second-order valence-electron chi connectivity index (χ2n) is 5.96. The molecule has 2 rings (SSSR count). The number of nitrogens with zero attached hydrogens (tertiary/aromatic N) is 1. The fourth-order valence-electron chi connectivity index (χ4n) is 2.37. The van der Waals surface area contributed by atoms with Crippen LogP contribution in [-0.4, -0.2) is 23.5 Å². The molecule has 0 aliphatic rings. The van der Waals surface area contributed by atoms with Gasteiger partial charge in [-0.2, -0.15) is 0 Å². The highest BCUT2D eigenvalue weighted by molar-refractivity contribution is 7.13. The predicted molar refractivity (Wildman–Crippen MR) is 106 cm³/mol. The van der Waals surface area contributed by atoms with Gasteiger partial charge >= 0.3 is 0 Å². The van der Waals surface area contributed by atoms with E-state index >= 15 is 0 Å². The summed E-state index contributed by atoms with van der Waals surface area (Å²) >= 11 is 1.41. The third-order valence-electron chi connectivity index (χ3n) is 3.37. The molecular weight excluding hydrogens is 384 g/mol. The number of hydrogen-bond acceptors (Lipinski definition) is 4. The van der Waals surface area contributed by atoms with Gasteiger partial charge in [-0.05, 0) is 24.5 Å². The minimum atomic E-state index is -0.295. The lowest BCUT2D eigenvalue weighted by molar-refractivity contribution is -0.121. The van der Waals surface area contributed by atoms with Crippen LogP contribution >= 0.6 is 36.2 Å². The Balaban J connectivity index is 0.00000288. The van der Waals surface area contributed by atoms with E-state index in [1.165, 1.54) is 23.5 Å². The molecular formula is C17H24Cl2FN3OS. The van der Waals surface area contributed by atoms with Crippen molar-refractivity contribution in [2.75, 3.05) is 6.54 Å². The molecule has 1 heterocycles. The molecule has 0 radical (unpaired) electrons. The summed E-state index contributed by atoms with van der Waals surface area (Å²) in [4.78, 5) is 16.5. The summed E-state index contributed by atoms with van der Waals surface area (Å²) in [6.07, 6.45) is 1.06. The number of nitrogens with two attached hydrogens (primary N) is 1. The van der Waals surface area contributed by atoms with Crippen molar-refractivity contribution in [3.63, 3.8) is 0 Å². The van der Waals surface area contributed by atoms with Crippen LogP contribution in [0.2, 0.25) is 0 Å². The van der Waals surface area contributed by atoms with Crippen molar-refractivity contribution in [2.45, 2.75) is 32.7 Å². The molecule has 1 aromatic heterocycles. The summed E-state index contributed by atoms with van der Waals surface area (Å²) in [5.74, 6) is 0.0939. The second-order valence-corrected chi connectivity index (χ2v) is 6.82. The number of hydrogen-bond donors (Lipinski definition) is 2. The first-order valence-electron chi connectivity index (χ1n) is 7.67. The lowest BCUT2D eigenvalue weighted by Gasteiger charge is -2.18. The molecule has 1 amide bonds. The highest BCUT2D eigenvalue weighted by atomic mass is 35.5. The van der Waals surface area contributed by atoms with Crippen LogP contribution < -0.4 is 11.1 Å². The molecule has 0 bridgehead atoms. The zero-order chi connectivity index (χ0) is 16.8. The average Bonchev–Trinajstić information content (AvgIpc) is 2.94. The van der Waals surface area contributed by atoms with E-state index in [0.29, 0.717) is 23.2 Å². The van der Waals surface area contributed by atoms with E-state index < -0.39 is 0 Å². The van der Waals surface area contributed by atoms with Gasteiger partial charge in [0.2, 0.25) is 5.91 Å². The van der Waals surface area contributed by atoms with Crippen molar-refractivity contribution in [1.29, 1.82) is 0 Å². The van der Waals surface area contributed by atoms with Crippen LogP contribution in [0.5, 0.6) is 0 Å². The van der Waals surface area contributed by atoms with Crippen LogP contribution in [0, 0.1) is 11.7 Å². The normalized spacial score (nSPS) is 11.4. The Bertz CT molecular complexity index is 667. The van der Waals surface area contributed by atoms with Gasteiger partial charge in [-0.1, -0.05) is 26.0 Å². The van der Waals surface area contributed by atoms with E-state index in [1.807, 2.05) is 5.38 Å². The molecule has 2 aromatic rings. The fraction of sp³-hybridized carbons (Fsp3) is 0.412. The molecule has 8 heteroatoms. The van der Waals surface area contributed by atoms with E-state index in [0.717, 1.165) is 12.0 Å². The molecule has 4 nitrogen and oxygen atoms in total. The van der Waals surface area contributed by atoms with Gasteiger partial charge in [-0.15, -0.1) is 36.2 Å². The summed E-state index contributed by atoms with van der Waals surface area (Å²) in [5, 5.41) is 5.49. The number of aromatic nitrogens is 1. The number of carbonyl (C=O) groups excluding carboxylic acids is 1. The lowest BCUT2D eigenvalue weighted by atomic mass is 10.0. The van der Waals surface area contributed by atoms with Crippen LogP contribution in [0.1, 0.15) is 26.0 Å². The summed E-state index contributed by atoms with van der Waals surface area (Å²) in [7, 11) is 0. The standard InChI is InChI=1S/C17H22FN3OS.2ClH/c1-11(2)6-14(9-19)20-16(22)8-15-10-23-17(21-15)12-4-3-5-13(18)7-12;;/h3-5,7,10-11,14H,6,8-9,19H2,1-2H3,(H,20,22);2*1H. The number of nitrogens with one attached hydrogen (secondary N) is 1. The van der Waals surface area contributed by atoms with Gasteiger partial charge < -0.3 is 11.1 Å². The van der Waals surface area contributed by atoms with Crippen LogP contribution in [0.3, 0.4) is 0 Å². The van der Waals surface area contributed by atoms with Gasteiger partial charge in [-0.3, -0.25) is 4.79 Å². The molecule has 0 saturated carbocycles. The van der Waals surface area contributed by atoms with E-state index in [2.05, 4.69) is 24.1 Å². The van der Waals surface area contributed by atoms with Gasteiger partial charge in [0.1, 0.15) is 10.8 Å². The van der Waals surface area contributed by atoms with Gasteiger partial charge in [0, 0.05) is 23.5 Å². The summed E-state index contributed by atoms with van der Waals surface area (Å²) in [6.45, 7) is 4.62. The number of thiazole rings is 1. The van der Waals surface area contributed by atoms with Crippen molar-refractivity contribution in [2.24, 2.45) is 11.7 Å². The minimum Gasteiger partial charge on any atom is -0.352 e. The predicted octanol–water partition coefficient (Wildman–Crippen LogP) is 3.82. The van der Waals surface area contributed by atoms with E-state index in [1.54, 1.807) is 12.1 Å². The smallest absolute Gasteiger partial charge is 0.226 e. The van der Waals surface area contributed by atoms with Crippen LogP contribution in [-0.2, 0) is 11.2 Å². The molecule has 0 fully saturated rings. The van der Waals surface area contributed by atoms with Gasteiger partial charge in [0.05, 0.1) is 12.1 Å². The zero-order valence-corrected chi connectivity index (χ0v) is 16.6. The molecule has 0 aliphatic carbocycles. The van der Waals surface area contributed by atoms with Crippen molar-refractivity contribution in [3.8, 4) is 10.6 Å². The maximum atomic E-state index is 13.3. The molecule has 25 heavy (non-hydrogen) atoms. The Morgan fingerprint density at radius 2 is 2.08 bits per heavy atom. The quantitative estimate of drug-likeness (QED) is 0.732. The molecule has 0 spiro atoms. The topological polar surface area (TPSA) is 68.0 Å². The van der Waals surface area contributed by atoms with Crippen molar-refractivity contribution in [3.05, 3.63) is 41.2 Å². The average molecular weight is 408 g/mol. The van der Waals surface area contributed by atoms with E-state index in [-0.39, 0.29) is 49.0 Å². The Morgan fingerprint density at radius 3 is 2.68 bits per heavy atom. The molecule has 0 aliphatic heterocycles. The third-order valence-corrected chi connectivity index (χ3v) is 4.31. The van der Waals surface area contributed by atoms with Crippen LogP contribution in [0.4, 0.5) is 4.39 Å². The maximum absolute atomic E-state index is 13.3. The Hall–Kier alpha value is -1.21. The van der Waals surface area contributed by atoms with Gasteiger partial charge in [0.15, 0.2) is 0 Å².